The molecule has 0 heterocycles. The average molecular weight is 265 g/mol. The second kappa shape index (κ2) is 8.67. The summed E-state index contributed by atoms with van der Waals surface area (Å²) in [6, 6.07) is 9.63. The Balaban J connectivity index is 2.16. The van der Waals surface area contributed by atoms with Gasteiger partial charge >= 0.3 is 5.97 Å². The fourth-order valence-electron chi connectivity index (χ4n) is 1.65. The molecule has 0 saturated carbocycles. The number of hydrogen-bond acceptors (Lipinski definition) is 4. The van der Waals surface area contributed by atoms with Crippen molar-refractivity contribution in [1.29, 1.82) is 0 Å². The molecular weight excluding hydrogens is 242 g/mol. The maximum absolute atomic E-state index is 11.5. The number of benzene rings is 1. The molecule has 1 rings (SSSR count). The first-order valence-electron chi connectivity index (χ1n) is 6.67. The highest BCUT2D eigenvalue weighted by atomic mass is 16.6. The van der Waals surface area contributed by atoms with E-state index in [-0.39, 0.29) is 18.1 Å². The summed E-state index contributed by atoms with van der Waals surface area (Å²) in [7, 11) is 0. The third kappa shape index (κ3) is 6.94. The van der Waals surface area contributed by atoms with Crippen molar-refractivity contribution in [1.82, 2.24) is 0 Å². The topological polar surface area (TPSA) is 61.5 Å². The van der Waals surface area contributed by atoms with Crippen molar-refractivity contribution in [2.45, 2.75) is 38.8 Å². The normalized spacial score (nSPS) is 12.4. The van der Waals surface area contributed by atoms with E-state index < -0.39 is 0 Å². The molecule has 4 nitrogen and oxygen atoms in total. The van der Waals surface area contributed by atoms with Gasteiger partial charge in [0.25, 0.3) is 0 Å². The predicted octanol–water partition coefficient (Wildman–Crippen LogP) is 2.43. The lowest BCUT2D eigenvalue weighted by Gasteiger charge is -2.12. The predicted molar refractivity (Wildman–Crippen MR) is 74.7 cm³/mol. The van der Waals surface area contributed by atoms with Crippen molar-refractivity contribution in [3.63, 3.8) is 0 Å². The van der Waals surface area contributed by atoms with Crippen molar-refractivity contribution in [3.05, 3.63) is 35.9 Å². The molecule has 19 heavy (non-hydrogen) atoms. The quantitative estimate of drug-likeness (QED) is 0.579. The van der Waals surface area contributed by atoms with Crippen molar-refractivity contribution in [3.8, 4) is 0 Å². The lowest BCUT2D eigenvalue weighted by molar-refractivity contribution is -0.145. The Morgan fingerprint density at radius 3 is 2.53 bits per heavy atom. The highest BCUT2D eigenvalue weighted by molar-refractivity contribution is 5.69. The van der Waals surface area contributed by atoms with Crippen LogP contribution in [0.4, 0.5) is 0 Å². The molecule has 0 radical (unpaired) electrons. The molecule has 2 N–H and O–H groups in total. The highest BCUT2D eigenvalue weighted by Gasteiger charge is 2.09. The van der Waals surface area contributed by atoms with Crippen molar-refractivity contribution < 1.29 is 14.3 Å². The number of ether oxygens (including phenoxy) is 2. The van der Waals surface area contributed by atoms with Crippen LogP contribution in [-0.2, 0) is 14.3 Å². The van der Waals surface area contributed by atoms with Crippen LogP contribution in [-0.4, -0.2) is 25.3 Å². The molecule has 0 aliphatic carbocycles. The number of esters is 1. The smallest absolute Gasteiger partial charge is 0.305 e. The molecule has 0 aliphatic heterocycles. The van der Waals surface area contributed by atoms with Crippen LogP contribution in [0.3, 0.4) is 0 Å². The third-order valence-corrected chi connectivity index (χ3v) is 2.68. The van der Waals surface area contributed by atoms with Crippen LogP contribution in [0, 0.1) is 0 Å². The molecule has 0 aliphatic rings. The molecule has 4 heteroatoms. The van der Waals surface area contributed by atoms with Crippen molar-refractivity contribution in [2.24, 2.45) is 5.73 Å². The van der Waals surface area contributed by atoms with Gasteiger partial charge in [-0.25, -0.2) is 0 Å². The Morgan fingerprint density at radius 2 is 1.89 bits per heavy atom. The number of rotatable bonds is 8. The summed E-state index contributed by atoms with van der Waals surface area (Å²) in [5, 5.41) is 0. The Hall–Kier alpha value is -1.39. The minimum Gasteiger partial charge on any atom is -0.463 e. The van der Waals surface area contributed by atoms with E-state index in [4.69, 9.17) is 15.2 Å². The first kappa shape index (κ1) is 15.7. The summed E-state index contributed by atoms with van der Waals surface area (Å²) in [6.07, 6.45) is 1.08. The van der Waals surface area contributed by atoms with Crippen LogP contribution < -0.4 is 5.73 Å². The summed E-state index contributed by atoms with van der Waals surface area (Å²) in [5.74, 6) is -0.223. The zero-order valence-corrected chi connectivity index (χ0v) is 11.7. The maximum Gasteiger partial charge on any atom is 0.305 e. The molecule has 1 aromatic carbocycles. The Morgan fingerprint density at radius 1 is 1.21 bits per heavy atom. The van der Waals surface area contributed by atoms with Gasteiger partial charge < -0.3 is 15.2 Å². The van der Waals surface area contributed by atoms with Crippen molar-refractivity contribution >= 4 is 5.97 Å². The third-order valence-electron chi connectivity index (χ3n) is 2.68. The number of carbonyl (C=O) groups is 1. The van der Waals surface area contributed by atoms with Gasteiger partial charge in [0.15, 0.2) is 0 Å². The highest BCUT2D eigenvalue weighted by Crippen LogP contribution is 2.15. The summed E-state index contributed by atoms with van der Waals surface area (Å²) >= 11 is 0. The van der Waals surface area contributed by atoms with Gasteiger partial charge in [-0.2, -0.15) is 0 Å². The minimum absolute atomic E-state index is 0.124. The van der Waals surface area contributed by atoms with E-state index in [1.54, 1.807) is 0 Å². The molecule has 0 bridgehead atoms. The molecule has 0 aromatic heterocycles. The summed E-state index contributed by atoms with van der Waals surface area (Å²) in [4.78, 5) is 11.5. The number of carbonyl (C=O) groups excluding carboxylic acids is 1. The van der Waals surface area contributed by atoms with Crippen LogP contribution in [0.15, 0.2) is 30.3 Å². The zero-order chi connectivity index (χ0) is 14.1. The van der Waals surface area contributed by atoms with E-state index >= 15 is 0 Å². The first-order chi connectivity index (χ1) is 9.09. The van der Waals surface area contributed by atoms with E-state index in [1.807, 2.05) is 44.2 Å². The summed E-state index contributed by atoms with van der Waals surface area (Å²) < 4.78 is 10.3. The first-order valence-corrected chi connectivity index (χ1v) is 6.67. The van der Waals surface area contributed by atoms with Crippen LogP contribution in [0.1, 0.15) is 38.3 Å². The Bertz CT molecular complexity index is 365. The van der Waals surface area contributed by atoms with Crippen LogP contribution in [0.2, 0.25) is 0 Å². The second-order valence-corrected chi connectivity index (χ2v) is 4.70. The van der Waals surface area contributed by atoms with Crippen LogP contribution in [0.25, 0.3) is 0 Å². The van der Waals surface area contributed by atoms with E-state index in [2.05, 4.69) is 0 Å². The van der Waals surface area contributed by atoms with Crippen molar-refractivity contribution in [2.75, 3.05) is 13.2 Å². The Kier molecular flexibility index (Phi) is 7.15. The van der Waals surface area contributed by atoms with Gasteiger partial charge in [0.2, 0.25) is 0 Å². The second-order valence-electron chi connectivity index (χ2n) is 4.70. The number of nitrogens with two attached hydrogens (primary N) is 1. The summed E-state index contributed by atoms with van der Waals surface area (Å²) in [6.45, 7) is 4.63. The van der Waals surface area contributed by atoms with Gasteiger partial charge in [-0.05, 0) is 25.8 Å². The van der Waals surface area contributed by atoms with Gasteiger partial charge in [-0.1, -0.05) is 30.3 Å². The SMILES string of the molecule is CC(C)OCCOC(=O)CCC(N)c1ccccc1. The van der Waals surface area contributed by atoms with E-state index in [1.165, 1.54) is 0 Å². The molecule has 1 aromatic rings. The van der Waals surface area contributed by atoms with Gasteiger partial charge in [-0.15, -0.1) is 0 Å². The average Bonchev–Trinajstić information content (AvgIpc) is 2.41. The summed E-state index contributed by atoms with van der Waals surface area (Å²) in [5.41, 5.74) is 7.05. The lowest BCUT2D eigenvalue weighted by atomic mass is 10.0. The molecule has 0 fully saturated rings. The molecule has 0 saturated heterocycles. The largest absolute Gasteiger partial charge is 0.463 e. The lowest BCUT2D eigenvalue weighted by Crippen LogP contribution is -2.16. The van der Waals surface area contributed by atoms with E-state index in [0.717, 1.165) is 5.56 Å². The zero-order valence-electron chi connectivity index (χ0n) is 11.7. The standard InChI is InChI=1S/C15H23NO3/c1-12(2)18-10-11-19-15(17)9-8-14(16)13-6-4-3-5-7-13/h3-7,12,14H,8-11,16H2,1-2H3. The Labute approximate surface area is 114 Å². The van der Waals surface area contributed by atoms with Crippen LogP contribution in [0.5, 0.6) is 0 Å². The molecular formula is C15H23NO3. The van der Waals surface area contributed by atoms with Gasteiger partial charge in [0.1, 0.15) is 6.61 Å². The van der Waals surface area contributed by atoms with Gasteiger partial charge in [-0.3, -0.25) is 4.79 Å². The van der Waals surface area contributed by atoms with Gasteiger partial charge in [0.05, 0.1) is 12.7 Å². The van der Waals surface area contributed by atoms with Crippen LogP contribution >= 0.6 is 0 Å². The van der Waals surface area contributed by atoms with Gasteiger partial charge in [0, 0.05) is 12.5 Å². The molecule has 1 unspecified atom stereocenters. The maximum atomic E-state index is 11.5. The number of hydrogen-bond donors (Lipinski definition) is 1. The molecule has 0 spiro atoms. The fourth-order valence-corrected chi connectivity index (χ4v) is 1.65. The van der Waals surface area contributed by atoms with E-state index in [9.17, 15) is 4.79 Å². The fraction of sp³-hybridized carbons (Fsp3) is 0.533. The van der Waals surface area contributed by atoms with E-state index in [0.29, 0.717) is 26.1 Å². The molecule has 1 atom stereocenters. The molecule has 0 amide bonds. The minimum atomic E-state index is -0.223. The molecule has 106 valence electrons. The monoisotopic (exact) mass is 265 g/mol.